The topological polar surface area (TPSA) is 62.6 Å². The molecule has 0 aliphatic heterocycles. The summed E-state index contributed by atoms with van der Waals surface area (Å²) in [5.41, 5.74) is 0. The maximum Gasteiger partial charge on any atom is 0.249 e. The molecule has 0 saturated carbocycles. The van der Waals surface area contributed by atoms with Crippen molar-refractivity contribution in [2.45, 2.75) is 13.3 Å². The van der Waals surface area contributed by atoms with Crippen molar-refractivity contribution in [1.82, 2.24) is 4.90 Å². The Bertz CT molecular complexity index is 428. The molecule has 1 aromatic rings. The molecular weight excluding hydrogens is 256 g/mol. The van der Waals surface area contributed by atoms with E-state index in [1.165, 1.54) is 4.90 Å². The molecule has 0 N–H and O–H groups in total. The van der Waals surface area contributed by atoms with E-state index in [0.717, 1.165) is 12.2 Å². The molecular formula is C15H20N2O3. The van der Waals surface area contributed by atoms with Crippen molar-refractivity contribution in [1.29, 1.82) is 5.26 Å². The Labute approximate surface area is 119 Å². The number of benzene rings is 1. The van der Waals surface area contributed by atoms with Crippen LogP contribution in [0.1, 0.15) is 13.3 Å². The van der Waals surface area contributed by atoms with Crippen LogP contribution in [-0.2, 0) is 9.53 Å². The number of carbonyl (C=O) groups excluding carboxylic acids is 1. The quantitative estimate of drug-likeness (QED) is 0.510. The number of ether oxygens (including phenoxy) is 2. The Morgan fingerprint density at radius 1 is 1.30 bits per heavy atom. The van der Waals surface area contributed by atoms with E-state index in [1.807, 2.05) is 43.3 Å². The molecule has 0 spiro atoms. The van der Waals surface area contributed by atoms with Crippen molar-refractivity contribution in [2.75, 3.05) is 32.9 Å². The second-order valence-corrected chi connectivity index (χ2v) is 4.19. The van der Waals surface area contributed by atoms with Crippen molar-refractivity contribution in [3.05, 3.63) is 30.3 Å². The van der Waals surface area contributed by atoms with Gasteiger partial charge in [-0.25, -0.2) is 0 Å². The van der Waals surface area contributed by atoms with Crippen molar-refractivity contribution < 1.29 is 14.3 Å². The summed E-state index contributed by atoms with van der Waals surface area (Å²) >= 11 is 0. The molecule has 20 heavy (non-hydrogen) atoms. The molecule has 0 atom stereocenters. The first-order valence-corrected chi connectivity index (χ1v) is 6.68. The van der Waals surface area contributed by atoms with Gasteiger partial charge in [0.25, 0.3) is 0 Å². The lowest BCUT2D eigenvalue weighted by molar-refractivity contribution is -0.135. The minimum absolute atomic E-state index is 0.0141. The van der Waals surface area contributed by atoms with Gasteiger partial charge in [0, 0.05) is 6.54 Å². The molecule has 1 amide bonds. The third kappa shape index (κ3) is 6.21. The van der Waals surface area contributed by atoms with E-state index in [2.05, 4.69) is 0 Å². The summed E-state index contributed by atoms with van der Waals surface area (Å²) in [7, 11) is 0. The zero-order chi connectivity index (χ0) is 14.6. The summed E-state index contributed by atoms with van der Waals surface area (Å²) in [6.45, 7) is 3.37. The van der Waals surface area contributed by atoms with E-state index in [-0.39, 0.29) is 19.1 Å². The molecule has 0 aliphatic rings. The summed E-state index contributed by atoms with van der Waals surface area (Å²) in [6, 6.07) is 11.4. The molecule has 0 bridgehead atoms. The number of hydrogen-bond donors (Lipinski definition) is 0. The monoisotopic (exact) mass is 276 g/mol. The molecule has 5 heteroatoms. The molecule has 0 radical (unpaired) electrons. The lowest BCUT2D eigenvalue weighted by Gasteiger charge is -2.18. The van der Waals surface area contributed by atoms with Gasteiger partial charge in [0.1, 0.15) is 25.5 Å². The number of amides is 1. The van der Waals surface area contributed by atoms with Crippen molar-refractivity contribution in [3.8, 4) is 11.8 Å². The second-order valence-electron chi connectivity index (χ2n) is 4.19. The first kappa shape index (κ1) is 16.0. The zero-order valence-electron chi connectivity index (χ0n) is 11.7. The van der Waals surface area contributed by atoms with Crippen molar-refractivity contribution in [3.63, 3.8) is 0 Å². The number of rotatable bonds is 9. The smallest absolute Gasteiger partial charge is 0.249 e. The molecule has 0 heterocycles. The van der Waals surface area contributed by atoms with Crippen LogP contribution in [0.3, 0.4) is 0 Å². The third-order valence-electron chi connectivity index (χ3n) is 2.57. The molecule has 1 aromatic carbocycles. The van der Waals surface area contributed by atoms with Crippen molar-refractivity contribution in [2.24, 2.45) is 0 Å². The van der Waals surface area contributed by atoms with Gasteiger partial charge in [0.15, 0.2) is 0 Å². The Hall–Kier alpha value is -2.06. The lowest BCUT2D eigenvalue weighted by Crippen LogP contribution is -2.35. The van der Waals surface area contributed by atoms with E-state index >= 15 is 0 Å². The Balaban J connectivity index is 2.16. The molecule has 0 aromatic heterocycles. The molecule has 5 nitrogen and oxygen atoms in total. The van der Waals surface area contributed by atoms with Crippen LogP contribution < -0.4 is 4.74 Å². The maximum atomic E-state index is 11.8. The highest BCUT2D eigenvalue weighted by molar-refractivity contribution is 5.77. The Morgan fingerprint density at radius 2 is 2.05 bits per heavy atom. The number of hydrogen-bond acceptors (Lipinski definition) is 4. The normalized spacial score (nSPS) is 9.80. The summed E-state index contributed by atoms with van der Waals surface area (Å²) in [4.78, 5) is 13.3. The van der Waals surface area contributed by atoms with Crippen LogP contribution in [0.4, 0.5) is 0 Å². The van der Waals surface area contributed by atoms with Crippen LogP contribution in [0.2, 0.25) is 0 Å². The van der Waals surface area contributed by atoms with Crippen LogP contribution in [0.15, 0.2) is 30.3 Å². The standard InChI is InChI=1S/C15H20N2O3/c1-2-9-17(10-8-16)15(18)13-19-11-12-20-14-6-4-3-5-7-14/h3-7H,2,9-13H2,1H3. The highest BCUT2D eigenvalue weighted by Crippen LogP contribution is 2.07. The average molecular weight is 276 g/mol. The minimum Gasteiger partial charge on any atom is -0.491 e. The molecule has 108 valence electrons. The SMILES string of the molecule is CCCN(CC#N)C(=O)COCCOc1ccccc1. The number of carbonyl (C=O) groups is 1. The van der Waals surface area contributed by atoms with Gasteiger partial charge in [-0.05, 0) is 18.6 Å². The summed E-state index contributed by atoms with van der Waals surface area (Å²) in [5.74, 6) is 0.618. The van der Waals surface area contributed by atoms with Gasteiger partial charge in [-0.3, -0.25) is 4.79 Å². The van der Waals surface area contributed by atoms with Crippen LogP contribution in [0.5, 0.6) is 5.75 Å². The fraction of sp³-hybridized carbons (Fsp3) is 0.467. The van der Waals surface area contributed by atoms with E-state index < -0.39 is 0 Å². The van der Waals surface area contributed by atoms with Gasteiger partial charge in [-0.1, -0.05) is 25.1 Å². The summed E-state index contributed by atoms with van der Waals surface area (Å²) in [6.07, 6.45) is 0.824. The highest BCUT2D eigenvalue weighted by atomic mass is 16.5. The molecule has 0 fully saturated rings. The maximum absolute atomic E-state index is 11.8. The second kappa shape index (κ2) is 9.82. The van der Waals surface area contributed by atoms with Gasteiger partial charge in [-0.2, -0.15) is 5.26 Å². The average Bonchev–Trinajstić information content (AvgIpc) is 2.47. The van der Waals surface area contributed by atoms with Gasteiger partial charge < -0.3 is 14.4 Å². The first-order valence-electron chi connectivity index (χ1n) is 6.68. The zero-order valence-corrected chi connectivity index (χ0v) is 11.7. The Morgan fingerprint density at radius 3 is 2.70 bits per heavy atom. The van der Waals surface area contributed by atoms with Gasteiger partial charge in [0.05, 0.1) is 12.7 Å². The van der Waals surface area contributed by atoms with Crippen LogP contribution in [-0.4, -0.2) is 43.7 Å². The van der Waals surface area contributed by atoms with Gasteiger partial charge in [-0.15, -0.1) is 0 Å². The van der Waals surface area contributed by atoms with Crippen LogP contribution >= 0.6 is 0 Å². The highest BCUT2D eigenvalue weighted by Gasteiger charge is 2.11. The van der Waals surface area contributed by atoms with Gasteiger partial charge in [0.2, 0.25) is 5.91 Å². The van der Waals surface area contributed by atoms with Gasteiger partial charge >= 0.3 is 0 Å². The third-order valence-corrected chi connectivity index (χ3v) is 2.57. The number of nitrogens with zero attached hydrogens (tertiary/aromatic N) is 2. The summed E-state index contributed by atoms with van der Waals surface area (Å²) in [5, 5.41) is 8.64. The van der Waals surface area contributed by atoms with Crippen molar-refractivity contribution >= 4 is 5.91 Å². The van der Waals surface area contributed by atoms with Crippen LogP contribution in [0, 0.1) is 11.3 Å². The largest absolute Gasteiger partial charge is 0.491 e. The fourth-order valence-electron chi connectivity index (χ4n) is 1.63. The minimum atomic E-state index is -0.159. The Kier molecular flexibility index (Phi) is 7.85. The first-order chi connectivity index (χ1) is 9.77. The van der Waals surface area contributed by atoms with E-state index in [9.17, 15) is 4.79 Å². The molecule has 1 rings (SSSR count). The lowest BCUT2D eigenvalue weighted by atomic mass is 10.3. The molecule has 0 unspecified atom stereocenters. The number of para-hydroxylation sites is 1. The van der Waals surface area contributed by atoms with E-state index in [4.69, 9.17) is 14.7 Å². The predicted octanol–water partition coefficient (Wildman–Crippen LogP) is 1.84. The number of nitriles is 1. The molecule has 0 aliphatic carbocycles. The molecule has 0 saturated heterocycles. The summed E-state index contributed by atoms with van der Waals surface area (Å²) < 4.78 is 10.7. The fourth-order valence-corrected chi connectivity index (χ4v) is 1.63. The predicted molar refractivity (Wildman–Crippen MR) is 75.2 cm³/mol. The van der Waals surface area contributed by atoms with E-state index in [0.29, 0.717) is 19.8 Å². The van der Waals surface area contributed by atoms with E-state index in [1.54, 1.807) is 0 Å². The van der Waals surface area contributed by atoms with Crippen LogP contribution in [0.25, 0.3) is 0 Å².